The number of hydrogen-bond acceptors (Lipinski definition) is 6. The van der Waals surface area contributed by atoms with Gasteiger partial charge in [-0.05, 0) is 12.1 Å². The molecular formula is C18H24N4O2. The largest absolute Gasteiger partial charge is 0.497 e. The normalized spacial score (nSPS) is 16.0. The topological polar surface area (TPSA) is 50.7 Å². The lowest BCUT2D eigenvalue weighted by atomic mass is 10.2. The summed E-state index contributed by atoms with van der Waals surface area (Å²) in [7, 11) is 1.67. The molecule has 0 N–H and O–H groups in total. The number of aromatic nitrogens is 2. The molecular weight excluding hydrogens is 304 g/mol. The predicted molar refractivity (Wildman–Crippen MR) is 92.2 cm³/mol. The van der Waals surface area contributed by atoms with Gasteiger partial charge in [0.1, 0.15) is 24.4 Å². The molecule has 2 heterocycles. The van der Waals surface area contributed by atoms with E-state index in [2.05, 4.69) is 19.8 Å². The van der Waals surface area contributed by atoms with Gasteiger partial charge in [0.2, 0.25) is 0 Å². The molecule has 0 aliphatic carbocycles. The molecule has 1 fully saturated rings. The first-order valence-corrected chi connectivity index (χ1v) is 8.29. The first-order chi connectivity index (χ1) is 11.8. The number of methoxy groups -OCH3 is 1. The average Bonchev–Trinajstić information content (AvgIpc) is 2.64. The maximum absolute atomic E-state index is 5.82. The number of benzene rings is 1. The maximum atomic E-state index is 5.82. The molecule has 6 nitrogen and oxygen atoms in total. The third-order valence-electron chi connectivity index (χ3n) is 4.20. The van der Waals surface area contributed by atoms with Crippen LogP contribution in [0, 0.1) is 0 Å². The lowest BCUT2D eigenvalue weighted by molar-refractivity contribution is 0.112. The third-order valence-corrected chi connectivity index (χ3v) is 4.20. The number of hydrogen-bond donors (Lipinski definition) is 0. The molecule has 6 heteroatoms. The molecule has 0 spiro atoms. The Hall–Kier alpha value is -2.18. The highest BCUT2D eigenvalue weighted by Crippen LogP contribution is 2.18. The first-order valence-electron chi connectivity index (χ1n) is 8.29. The van der Waals surface area contributed by atoms with Gasteiger partial charge < -0.3 is 9.47 Å². The maximum Gasteiger partial charge on any atom is 0.123 e. The lowest BCUT2D eigenvalue weighted by Gasteiger charge is -2.34. The Balaban J connectivity index is 1.36. The molecule has 24 heavy (non-hydrogen) atoms. The summed E-state index contributed by atoms with van der Waals surface area (Å²) in [5, 5.41) is 0. The Bertz CT molecular complexity index is 615. The molecule has 1 aliphatic rings. The standard InChI is InChI=1S/C18H24N4O2/c1-23-17-3-2-4-18(11-17)24-10-9-21-5-7-22(8-6-21)14-16-12-19-15-20-13-16/h2-4,11-13,15H,5-10,14H2,1H3. The minimum absolute atomic E-state index is 0.694. The summed E-state index contributed by atoms with van der Waals surface area (Å²) in [6.45, 7) is 6.82. The summed E-state index contributed by atoms with van der Waals surface area (Å²) in [4.78, 5) is 13.0. The predicted octanol–water partition coefficient (Wildman–Crippen LogP) is 1.68. The summed E-state index contributed by atoms with van der Waals surface area (Å²) in [6.07, 6.45) is 5.35. The van der Waals surface area contributed by atoms with Gasteiger partial charge in [-0.3, -0.25) is 9.80 Å². The molecule has 1 aromatic heterocycles. The second kappa shape index (κ2) is 8.61. The van der Waals surface area contributed by atoms with Crippen LogP contribution in [-0.4, -0.2) is 66.2 Å². The Morgan fingerprint density at radius 3 is 2.46 bits per heavy atom. The zero-order valence-corrected chi connectivity index (χ0v) is 14.1. The van der Waals surface area contributed by atoms with Gasteiger partial charge in [-0.2, -0.15) is 0 Å². The molecule has 128 valence electrons. The van der Waals surface area contributed by atoms with Gasteiger partial charge >= 0.3 is 0 Å². The molecule has 0 radical (unpaired) electrons. The monoisotopic (exact) mass is 328 g/mol. The van der Waals surface area contributed by atoms with Crippen molar-refractivity contribution in [2.45, 2.75) is 6.54 Å². The van der Waals surface area contributed by atoms with Gasteiger partial charge in [0.05, 0.1) is 7.11 Å². The van der Waals surface area contributed by atoms with Crippen LogP contribution in [0.2, 0.25) is 0 Å². The number of piperazine rings is 1. The van der Waals surface area contributed by atoms with E-state index < -0.39 is 0 Å². The van der Waals surface area contributed by atoms with E-state index in [1.54, 1.807) is 13.4 Å². The van der Waals surface area contributed by atoms with E-state index in [-0.39, 0.29) is 0 Å². The molecule has 0 amide bonds. The second-order valence-corrected chi connectivity index (χ2v) is 5.89. The van der Waals surface area contributed by atoms with Gasteiger partial charge in [-0.15, -0.1) is 0 Å². The van der Waals surface area contributed by atoms with Gasteiger partial charge in [0, 0.05) is 63.3 Å². The first kappa shape index (κ1) is 16.7. The van der Waals surface area contributed by atoms with Crippen LogP contribution in [0.25, 0.3) is 0 Å². The number of nitrogens with zero attached hydrogens (tertiary/aromatic N) is 4. The smallest absolute Gasteiger partial charge is 0.123 e. The second-order valence-electron chi connectivity index (χ2n) is 5.89. The van der Waals surface area contributed by atoms with E-state index in [9.17, 15) is 0 Å². The quantitative estimate of drug-likeness (QED) is 0.771. The molecule has 2 aromatic rings. The summed E-state index contributed by atoms with van der Waals surface area (Å²) < 4.78 is 11.0. The number of ether oxygens (including phenoxy) is 2. The molecule has 0 unspecified atom stereocenters. The van der Waals surface area contributed by atoms with Crippen molar-refractivity contribution in [1.82, 2.24) is 19.8 Å². The van der Waals surface area contributed by atoms with Gasteiger partial charge in [-0.1, -0.05) is 6.07 Å². The van der Waals surface area contributed by atoms with E-state index in [4.69, 9.17) is 9.47 Å². The summed E-state index contributed by atoms with van der Waals surface area (Å²) >= 11 is 0. The van der Waals surface area contributed by atoms with Crippen molar-refractivity contribution in [3.63, 3.8) is 0 Å². The van der Waals surface area contributed by atoms with E-state index >= 15 is 0 Å². The van der Waals surface area contributed by atoms with E-state index in [0.29, 0.717) is 6.61 Å². The van der Waals surface area contributed by atoms with Crippen LogP contribution in [0.5, 0.6) is 11.5 Å². The van der Waals surface area contributed by atoms with Crippen LogP contribution < -0.4 is 9.47 Å². The zero-order chi connectivity index (χ0) is 16.6. The van der Waals surface area contributed by atoms with Crippen molar-refractivity contribution in [3.8, 4) is 11.5 Å². The highest BCUT2D eigenvalue weighted by molar-refractivity contribution is 5.32. The summed E-state index contributed by atoms with van der Waals surface area (Å²) in [5.74, 6) is 1.68. The highest BCUT2D eigenvalue weighted by atomic mass is 16.5. The van der Waals surface area contributed by atoms with E-state index in [0.717, 1.165) is 50.8 Å². The molecule has 1 saturated heterocycles. The van der Waals surface area contributed by atoms with Gasteiger partial charge in [-0.25, -0.2) is 9.97 Å². The van der Waals surface area contributed by atoms with Crippen molar-refractivity contribution < 1.29 is 9.47 Å². The minimum Gasteiger partial charge on any atom is -0.497 e. The Morgan fingerprint density at radius 1 is 1.00 bits per heavy atom. The minimum atomic E-state index is 0.694. The van der Waals surface area contributed by atoms with Gasteiger partial charge in [0.25, 0.3) is 0 Å². The molecule has 0 saturated carbocycles. The fourth-order valence-electron chi connectivity index (χ4n) is 2.82. The van der Waals surface area contributed by atoms with Crippen molar-refractivity contribution in [2.75, 3.05) is 46.4 Å². The van der Waals surface area contributed by atoms with Crippen molar-refractivity contribution >= 4 is 0 Å². The fraction of sp³-hybridized carbons (Fsp3) is 0.444. The summed E-state index contributed by atoms with van der Waals surface area (Å²) in [5.41, 5.74) is 1.17. The molecule has 1 aromatic carbocycles. The Kier molecular flexibility index (Phi) is 5.98. The van der Waals surface area contributed by atoms with Crippen LogP contribution in [0.15, 0.2) is 43.0 Å². The Labute approximate surface area is 143 Å². The SMILES string of the molecule is COc1cccc(OCCN2CCN(Cc3cncnc3)CC2)c1. The number of rotatable bonds is 7. The summed E-state index contributed by atoms with van der Waals surface area (Å²) in [6, 6.07) is 7.74. The highest BCUT2D eigenvalue weighted by Gasteiger charge is 2.16. The fourth-order valence-corrected chi connectivity index (χ4v) is 2.82. The van der Waals surface area contributed by atoms with Gasteiger partial charge in [0.15, 0.2) is 0 Å². The lowest BCUT2D eigenvalue weighted by Crippen LogP contribution is -2.47. The van der Waals surface area contributed by atoms with Crippen LogP contribution >= 0.6 is 0 Å². The van der Waals surface area contributed by atoms with E-state index in [1.165, 1.54) is 5.56 Å². The van der Waals surface area contributed by atoms with Crippen LogP contribution in [-0.2, 0) is 6.54 Å². The molecule has 0 atom stereocenters. The van der Waals surface area contributed by atoms with Crippen LogP contribution in [0.4, 0.5) is 0 Å². The van der Waals surface area contributed by atoms with Crippen molar-refractivity contribution in [3.05, 3.63) is 48.5 Å². The molecule has 0 bridgehead atoms. The average molecular weight is 328 g/mol. The van der Waals surface area contributed by atoms with Crippen molar-refractivity contribution in [2.24, 2.45) is 0 Å². The third kappa shape index (κ3) is 4.91. The van der Waals surface area contributed by atoms with E-state index in [1.807, 2.05) is 36.7 Å². The molecule has 3 rings (SSSR count). The Morgan fingerprint density at radius 2 is 1.71 bits per heavy atom. The molecule has 1 aliphatic heterocycles. The zero-order valence-electron chi connectivity index (χ0n) is 14.1. The van der Waals surface area contributed by atoms with Crippen molar-refractivity contribution in [1.29, 1.82) is 0 Å². The van der Waals surface area contributed by atoms with Crippen LogP contribution in [0.3, 0.4) is 0 Å². The van der Waals surface area contributed by atoms with Crippen LogP contribution in [0.1, 0.15) is 5.56 Å².